The van der Waals surface area contributed by atoms with Crippen LogP contribution in [0.15, 0.2) is 48.7 Å². The van der Waals surface area contributed by atoms with Gasteiger partial charge >= 0.3 is 6.01 Å². The number of nitrogens with zero attached hydrogens (tertiary/aromatic N) is 7. The Bertz CT molecular complexity index is 2950. The number of terminal acetylenes is 1. The van der Waals surface area contributed by atoms with Gasteiger partial charge in [0.15, 0.2) is 12.1 Å². The number of likely N-dealkylation sites (tertiary alicyclic amines) is 1. The molecule has 0 radical (unpaired) electrons. The van der Waals surface area contributed by atoms with Crippen LogP contribution in [0.4, 0.5) is 20.3 Å². The number of halogens is 2. The van der Waals surface area contributed by atoms with Gasteiger partial charge in [-0.1, -0.05) is 12.0 Å². The number of fused-ring (bicyclic) bond motifs is 4. The normalized spacial score (nSPS) is 20.7. The molecule has 10 rings (SSSR count). The van der Waals surface area contributed by atoms with Crippen molar-refractivity contribution in [3.05, 3.63) is 77.0 Å². The average molecular weight is 968 g/mol. The standard InChI is InChI=1S/C54H59F2N9O6/c1-4-39-43(55)12-8-33-24-38(68)26-41(45(33)39)47-46(56)48-42(27-58-47)49(65-28-35-9-10-36(29-65)59-35)61-52(60-48)71-32-54(13-14-54)31-63-19-15-53(16-20-63)17-21-64(22-18-53)37-11-7-34(30-67)40(25-37)51(70)62(3)44(6-5-23-66)50(69)57-2/h1,7-8,11-12,23-27,30,35-36,44,59,68H,5-6,9-10,13-22,28-29,31-32H2,2-3H3,(H,57,69). The van der Waals surface area contributed by atoms with Crippen LogP contribution < -0.4 is 25.2 Å². The lowest BCUT2D eigenvalue weighted by molar-refractivity contribution is -0.125. The smallest absolute Gasteiger partial charge is 0.319 e. The molecule has 15 nitrogen and oxygen atoms in total. The third-order valence-corrected chi connectivity index (χ3v) is 16.0. The number of phenols is 1. The number of benzene rings is 3. The molecule has 4 aliphatic heterocycles. The van der Waals surface area contributed by atoms with Crippen molar-refractivity contribution < 1.29 is 37.8 Å². The summed E-state index contributed by atoms with van der Waals surface area (Å²) in [5.74, 6) is 0.590. The predicted molar refractivity (Wildman–Crippen MR) is 266 cm³/mol. The zero-order valence-corrected chi connectivity index (χ0v) is 40.2. The van der Waals surface area contributed by atoms with Gasteiger partial charge in [0.25, 0.3) is 5.91 Å². The summed E-state index contributed by atoms with van der Waals surface area (Å²) in [5.41, 5.74) is 1.42. The quantitative estimate of drug-likeness (QED) is 0.0793. The fraction of sp³-hybridized carbons (Fsp3) is 0.463. The molecule has 3 aromatic carbocycles. The van der Waals surface area contributed by atoms with E-state index in [1.165, 1.54) is 43.3 Å². The Balaban J connectivity index is 0.819. The number of nitrogens with one attached hydrogen (secondary N) is 2. The van der Waals surface area contributed by atoms with Crippen molar-refractivity contribution >= 4 is 57.6 Å². The summed E-state index contributed by atoms with van der Waals surface area (Å²) in [7, 11) is 3.01. The van der Waals surface area contributed by atoms with Crippen LogP contribution in [0.1, 0.15) is 90.5 Å². The number of anilines is 2. The van der Waals surface area contributed by atoms with Crippen LogP contribution in [0.2, 0.25) is 0 Å². The van der Waals surface area contributed by atoms with Gasteiger partial charge in [0.2, 0.25) is 5.91 Å². The highest BCUT2D eigenvalue weighted by Gasteiger charge is 2.47. The zero-order chi connectivity index (χ0) is 49.6. The molecule has 17 heteroatoms. The number of ether oxygens (including phenoxy) is 1. The number of rotatable bonds is 15. The third-order valence-electron chi connectivity index (χ3n) is 16.0. The number of piperidine rings is 2. The first kappa shape index (κ1) is 47.9. The SMILES string of the molecule is C#Cc1c(F)ccc2cc(O)cc(-c3ncc4c(N5CC6CCC(C5)N6)nc(OCC5(CN6CCC7(CC6)CCN(c6ccc(C=O)c(C(=O)N(C)C(CCC=O)C(=O)NC)c6)CC7)CC5)nc4c3F)c12. The molecule has 1 aliphatic carbocycles. The van der Waals surface area contributed by atoms with Crippen molar-refractivity contribution in [3.8, 4) is 35.4 Å². The summed E-state index contributed by atoms with van der Waals surface area (Å²) < 4.78 is 38.7. The molecule has 2 amide bonds. The lowest BCUT2D eigenvalue weighted by Crippen LogP contribution is -2.51. The van der Waals surface area contributed by atoms with Crippen molar-refractivity contribution in [2.75, 3.05) is 76.3 Å². The molecule has 4 saturated heterocycles. The van der Waals surface area contributed by atoms with E-state index in [0.717, 1.165) is 96.1 Å². The monoisotopic (exact) mass is 967 g/mol. The number of aldehydes is 2. The minimum absolute atomic E-state index is 0.0196. The molecule has 5 fully saturated rings. The van der Waals surface area contributed by atoms with Gasteiger partial charge < -0.3 is 44.9 Å². The van der Waals surface area contributed by atoms with Crippen LogP contribution in [0.3, 0.4) is 0 Å². The summed E-state index contributed by atoms with van der Waals surface area (Å²) in [6.07, 6.45) is 17.1. The van der Waals surface area contributed by atoms with E-state index >= 15 is 8.78 Å². The number of phenolic OH excluding ortho intramolecular Hbond substituents is 1. The molecule has 2 aromatic heterocycles. The molecule has 71 heavy (non-hydrogen) atoms. The highest BCUT2D eigenvalue weighted by Crippen LogP contribution is 2.49. The molecule has 3 atom stereocenters. The molecule has 3 unspecified atom stereocenters. The van der Waals surface area contributed by atoms with Crippen LogP contribution in [-0.4, -0.2) is 139 Å². The Morgan fingerprint density at radius 2 is 1.73 bits per heavy atom. The second kappa shape index (κ2) is 19.4. The first-order valence-electron chi connectivity index (χ1n) is 24.8. The van der Waals surface area contributed by atoms with Crippen molar-refractivity contribution in [1.29, 1.82) is 0 Å². The maximum atomic E-state index is 17.2. The minimum atomic E-state index is -0.855. The lowest BCUT2D eigenvalue weighted by atomic mass is 9.71. The van der Waals surface area contributed by atoms with Gasteiger partial charge in [-0.2, -0.15) is 9.97 Å². The maximum absolute atomic E-state index is 17.2. The molecule has 3 N–H and O–H groups in total. The predicted octanol–water partition coefficient (Wildman–Crippen LogP) is 6.27. The molecular weight excluding hydrogens is 909 g/mol. The van der Waals surface area contributed by atoms with Gasteiger partial charge in [0, 0.05) is 99.1 Å². The number of piperazine rings is 1. The molecule has 5 aromatic rings. The average Bonchev–Trinajstić information content (AvgIpc) is 4.08. The maximum Gasteiger partial charge on any atom is 0.319 e. The number of carbonyl (C=O) groups excluding carboxylic acids is 4. The zero-order valence-electron chi connectivity index (χ0n) is 40.2. The van der Waals surface area contributed by atoms with Crippen LogP contribution in [0.25, 0.3) is 32.9 Å². The Labute approximate surface area is 411 Å². The van der Waals surface area contributed by atoms with Crippen LogP contribution in [-0.2, 0) is 9.59 Å². The number of hydrogen-bond acceptors (Lipinski definition) is 13. The Kier molecular flexibility index (Phi) is 13.1. The van der Waals surface area contributed by atoms with Gasteiger partial charge in [0.1, 0.15) is 40.9 Å². The van der Waals surface area contributed by atoms with E-state index in [2.05, 4.69) is 36.2 Å². The Hall–Kier alpha value is -6.77. The van der Waals surface area contributed by atoms with E-state index in [-0.39, 0.29) is 92.3 Å². The van der Waals surface area contributed by atoms with Crippen molar-refractivity contribution in [2.45, 2.75) is 82.3 Å². The summed E-state index contributed by atoms with van der Waals surface area (Å²) in [6.45, 7) is 6.12. The number of aromatic hydroxyl groups is 1. The molecule has 1 saturated carbocycles. The van der Waals surface area contributed by atoms with Crippen LogP contribution in [0, 0.1) is 34.8 Å². The molecule has 1 spiro atoms. The number of likely N-dealkylation sites (N-methyl/N-ethyl adjacent to an activating group) is 2. The van der Waals surface area contributed by atoms with E-state index in [0.29, 0.717) is 42.6 Å². The van der Waals surface area contributed by atoms with E-state index in [4.69, 9.17) is 21.1 Å². The summed E-state index contributed by atoms with van der Waals surface area (Å²) in [6, 6.07) is 10.6. The van der Waals surface area contributed by atoms with Gasteiger partial charge in [-0.05, 0) is 118 Å². The van der Waals surface area contributed by atoms with Crippen LogP contribution in [0.5, 0.6) is 11.8 Å². The first-order valence-corrected chi connectivity index (χ1v) is 24.8. The van der Waals surface area contributed by atoms with E-state index in [1.807, 2.05) is 6.07 Å². The number of aromatic nitrogens is 3. The Morgan fingerprint density at radius 1 is 1.00 bits per heavy atom. The third kappa shape index (κ3) is 9.35. The number of pyridine rings is 1. The summed E-state index contributed by atoms with van der Waals surface area (Å²) in [4.78, 5) is 72.1. The largest absolute Gasteiger partial charge is 0.508 e. The second-order valence-corrected chi connectivity index (χ2v) is 20.4. The van der Waals surface area contributed by atoms with Gasteiger partial charge in [-0.3, -0.25) is 19.4 Å². The fourth-order valence-corrected chi connectivity index (χ4v) is 11.6. The topological polar surface area (TPSA) is 173 Å². The highest BCUT2D eigenvalue weighted by atomic mass is 19.1. The first-order chi connectivity index (χ1) is 34.3. The van der Waals surface area contributed by atoms with Crippen molar-refractivity contribution in [3.63, 3.8) is 0 Å². The number of amides is 2. The van der Waals surface area contributed by atoms with Crippen molar-refractivity contribution in [1.82, 2.24) is 35.4 Å². The van der Waals surface area contributed by atoms with Crippen LogP contribution >= 0.6 is 0 Å². The number of hydrogen-bond donors (Lipinski definition) is 3. The summed E-state index contributed by atoms with van der Waals surface area (Å²) in [5, 5.41) is 18.1. The van der Waals surface area contributed by atoms with E-state index < -0.39 is 23.6 Å². The highest BCUT2D eigenvalue weighted by molar-refractivity contribution is 6.04. The Morgan fingerprint density at radius 3 is 2.41 bits per heavy atom. The van der Waals surface area contributed by atoms with Gasteiger partial charge in [-0.15, -0.1) is 6.42 Å². The van der Waals surface area contributed by atoms with E-state index in [9.17, 15) is 24.3 Å². The molecule has 6 heterocycles. The molecular formula is C54H59F2N9O6. The summed E-state index contributed by atoms with van der Waals surface area (Å²) >= 11 is 0. The minimum Gasteiger partial charge on any atom is -0.508 e. The number of carbonyl (C=O) groups is 4. The van der Waals surface area contributed by atoms with Crippen molar-refractivity contribution in [2.24, 2.45) is 10.8 Å². The molecule has 370 valence electrons. The molecule has 5 aliphatic rings. The fourth-order valence-electron chi connectivity index (χ4n) is 11.6. The van der Waals surface area contributed by atoms with E-state index in [1.54, 1.807) is 18.3 Å². The second-order valence-electron chi connectivity index (χ2n) is 20.4. The lowest BCUT2D eigenvalue weighted by Gasteiger charge is -2.48. The molecule has 2 bridgehead atoms. The van der Waals surface area contributed by atoms with Gasteiger partial charge in [-0.25, -0.2) is 8.78 Å². The van der Waals surface area contributed by atoms with Gasteiger partial charge in [0.05, 0.1) is 23.1 Å².